The van der Waals surface area contributed by atoms with Crippen molar-refractivity contribution in [1.29, 1.82) is 0 Å². The zero-order valence-electron chi connectivity index (χ0n) is 19.5. The predicted octanol–water partition coefficient (Wildman–Crippen LogP) is 4.19. The van der Waals surface area contributed by atoms with Crippen molar-refractivity contribution in [3.63, 3.8) is 0 Å². The first-order valence-electron chi connectivity index (χ1n) is 11.8. The lowest BCUT2D eigenvalue weighted by molar-refractivity contribution is -0.138. The lowest BCUT2D eigenvalue weighted by Crippen LogP contribution is -2.60. The third-order valence-corrected chi connectivity index (χ3v) is 10.5. The molecule has 3 fully saturated rings. The van der Waals surface area contributed by atoms with Gasteiger partial charge < -0.3 is 5.11 Å². The highest BCUT2D eigenvalue weighted by Crippen LogP contribution is 2.65. The molecule has 0 aromatic heterocycles. The quantitative estimate of drug-likeness (QED) is 0.228. The van der Waals surface area contributed by atoms with Gasteiger partial charge in [-0.05, 0) is 83.3 Å². The minimum Gasteiger partial charge on any atom is -0.508 e. The maximum atomic E-state index is 13.9. The zero-order valence-corrected chi connectivity index (χ0v) is 23.2. The molecule has 2 saturated heterocycles. The van der Waals surface area contributed by atoms with Crippen molar-refractivity contribution in [2.45, 2.75) is 28.5 Å². The molecule has 1 saturated carbocycles. The van der Waals surface area contributed by atoms with Crippen LogP contribution in [0.3, 0.4) is 0 Å². The molecule has 10 heteroatoms. The number of anilines is 1. The van der Waals surface area contributed by atoms with E-state index in [1.807, 2.05) is 18.2 Å². The summed E-state index contributed by atoms with van der Waals surface area (Å²) in [5.74, 6) is -4.57. The summed E-state index contributed by atoms with van der Waals surface area (Å²) in [5, 5.41) is 9.88. The minimum absolute atomic E-state index is 0.0326. The van der Waals surface area contributed by atoms with Crippen molar-refractivity contribution in [1.82, 2.24) is 4.90 Å². The summed E-state index contributed by atoms with van der Waals surface area (Å²) in [6, 6.07) is 13.4. The number of benzene rings is 2. The largest absolute Gasteiger partial charge is 0.508 e. The van der Waals surface area contributed by atoms with E-state index in [4.69, 9.17) is 23.2 Å². The Bertz CT molecular complexity index is 1410. The number of alkyl halides is 2. The van der Waals surface area contributed by atoms with Crippen LogP contribution in [0.4, 0.5) is 5.69 Å². The Kier molecular flexibility index (Phi) is 5.57. The highest BCUT2D eigenvalue weighted by atomic mass is 127. The summed E-state index contributed by atoms with van der Waals surface area (Å²) in [7, 11) is 1.36. The molecule has 2 aliphatic carbocycles. The third-order valence-electron chi connectivity index (χ3n) is 8.33. The van der Waals surface area contributed by atoms with E-state index in [0.717, 1.165) is 14.0 Å². The second-order valence-corrected chi connectivity index (χ2v) is 12.6. The highest BCUT2D eigenvalue weighted by Gasteiger charge is 2.75. The molecule has 4 amide bonds. The summed E-state index contributed by atoms with van der Waals surface area (Å²) in [5.41, 5.74) is 1.81. The number of rotatable bonds is 2. The molecule has 37 heavy (non-hydrogen) atoms. The summed E-state index contributed by atoms with van der Waals surface area (Å²) in [6.45, 7) is 0. The number of halogens is 3. The van der Waals surface area contributed by atoms with Crippen molar-refractivity contribution < 1.29 is 24.3 Å². The molecule has 7 nitrogen and oxygen atoms in total. The topological polar surface area (TPSA) is 95.0 Å². The number of nitrogens with zero attached hydrogens (tertiary/aromatic N) is 2. The van der Waals surface area contributed by atoms with E-state index in [0.29, 0.717) is 17.7 Å². The number of phenols is 1. The van der Waals surface area contributed by atoms with Crippen LogP contribution in [0.2, 0.25) is 0 Å². The Morgan fingerprint density at radius 3 is 2.22 bits per heavy atom. The number of phenolic OH excluding ortho intramolecular Hbond substituents is 1. The number of carbonyl (C=O) groups is 4. The van der Waals surface area contributed by atoms with Crippen LogP contribution in [0.1, 0.15) is 24.3 Å². The van der Waals surface area contributed by atoms with Gasteiger partial charge in [0, 0.05) is 16.5 Å². The lowest BCUT2D eigenvalue weighted by Gasteiger charge is -2.50. The number of amides is 4. The number of allylic oxidation sites excluding steroid dienone is 2. The fourth-order valence-electron chi connectivity index (χ4n) is 6.63. The van der Waals surface area contributed by atoms with Gasteiger partial charge in [0.05, 0.1) is 17.5 Å². The second-order valence-electron chi connectivity index (χ2n) is 10.1. The zero-order chi connectivity index (χ0) is 26.4. The standard InChI is InChI=1S/C27H21Cl2IN2O5/c1-31-24(36)26(28)12-19-17(21(27(26,29)25(31)37)13-2-8-16(33)9-3-13)10-11-18-20(19)23(35)32(22(18)34)15-6-4-14(30)5-7-15/h2-10,18-21,33H,11-12H2,1H3. The van der Waals surface area contributed by atoms with E-state index in [1.54, 1.807) is 24.3 Å². The Labute approximate surface area is 236 Å². The van der Waals surface area contributed by atoms with Crippen molar-refractivity contribution in [2.75, 3.05) is 11.9 Å². The maximum Gasteiger partial charge on any atom is 0.253 e. The molecule has 0 radical (unpaired) electrons. The Balaban J connectivity index is 1.50. The van der Waals surface area contributed by atoms with Crippen LogP contribution in [0.25, 0.3) is 0 Å². The first-order chi connectivity index (χ1) is 17.5. The average molecular weight is 651 g/mol. The summed E-state index contributed by atoms with van der Waals surface area (Å²) in [6.07, 6.45) is 2.15. The van der Waals surface area contributed by atoms with Crippen molar-refractivity contribution in [2.24, 2.45) is 17.8 Å². The summed E-state index contributed by atoms with van der Waals surface area (Å²) in [4.78, 5) is 52.8. The number of hydrogen-bond acceptors (Lipinski definition) is 5. The Morgan fingerprint density at radius 2 is 1.57 bits per heavy atom. The number of fused-ring (bicyclic) bond motifs is 4. The fraction of sp³-hybridized carbons (Fsp3) is 0.333. The molecular weight excluding hydrogens is 630 g/mol. The molecule has 1 N–H and O–H groups in total. The number of carbonyl (C=O) groups excluding carboxylic acids is 4. The van der Waals surface area contributed by atoms with Crippen LogP contribution in [0, 0.1) is 21.3 Å². The minimum atomic E-state index is -1.83. The Morgan fingerprint density at radius 1 is 0.919 bits per heavy atom. The van der Waals surface area contributed by atoms with E-state index in [1.165, 1.54) is 24.1 Å². The molecule has 0 bridgehead atoms. The second kappa shape index (κ2) is 8.28. The van der Waals surface area contributed by atoms with Crippen LogP contribution >= 0.6 is 45.8 Å². The van der Waals surface area contributed by atoms with E-state index >= 15 is 0 Å². The van der Waals surface area contributed by atoms with Gasteiger partial charge in [0.15, 0.2) is 9.75 Å². The van der Waals surface area contributed by atoms with Gasteiger partial charge in [-0.3, -0.25) is 29.0 Å². The van der Waals surface area contributed by atoms with Gasteiger partial charge in [0.2, 0.25) is 11.8 Å². The SMILES string of the molecule is CN1C(=O)C2(Cl)CC3C(=CCC4C(=O)N(c5ccc(I)cc5)C(=O)C43)C(c3ccc(O)cc3)C2(Cl)C1=O. The van der Waals surface area contributed by atoms with Crippen molar-refractivity contribution in [3.05, 3.63) is 69.3 Å². The van der Waals surface area contributed by atoms with Gasteiger partial charge in [-0.2, -0.15) is 0 Å². The summed E-state index contributed by atoms with van der Waals surface area (Å²) < 4.78 is 0.974. The molecule has 2 aromatic carbocycles. The molecule has 6 unspecified atom stereocenters. The molecule has 2 aliphatic heterocycles. The number of likely N-dealkylation sites (tertiary alicyclic amines) is 1. The fourth-order valence-corrected chi connectivity index (χ4v) is 8.01. The molecular formula is C27H21Cl2IN2O5. The van der Waals surface area contributed by atoms with Gasteiger partial charge in [-0.1, -0.05) is 23.8 Å². The molecule has 6 rings (SSSR count). The van der Waals surface area contributed by atoms with Gasteiger partial charge in [0.25, 0.3) is 11.8 Å². The molecule has 4 aliphatic rings. The van der Waals surface area contributed by atoms with Gasteiger partial charge in [0.1, 0.15) is 5.75 Å². The van der Waals surface area contributed by atoms with Gasteiger partial charge >= 0.3 is 0 Å². The molecule has 6 atom stereocenters. The first-order valence-corrected chi connectivity index (χ1v) is 13.7. The third kappa shape index (κ3) is 3.18. The van der Waals surface area contributed by atoms with Crippen molar-refractivity contribution in [3.8, 4) is 5.75 Å². The maximum absolute atomic E-state index is 13.9. The van der Waals surface area contributed by atoms with E-state index in [2.05, 4.69) is 22.6 Å². The van der Waals surface area contributed by atoms with E-state index < -0.39 is 45.2 Å². The monoisotopic (exact) mass is 650 g/mol. The highest BCUT2D eigenvalue weighted by molar-refractivity contribution is 14.1. The lowest BCUT2D eigenvalue weighted by atomic mass is 9.56. The summed E-state index contributed by atoms with van der Waals surface area (Å²) >= 11 is 16.4. The smallest absolute Gasteiger partial charge is 0.253 e. The predicted molar refractivity (Wildman–Crippen MR) is 145 cm³/mol. The van der Waals surface area contributed by atoms with Crippen LogP contribution < -0.4 is 4.90 Å². The van der Waals surface area contributed by atoms with Gasteiger partial charge in [-0.25, -0.2) is 0 Å². The van der Waals surface area contributed by atoms with Crippen LogP contribution in [0.15, 0.2) is 60.2 Å². The van der Waals surface area contributed by atoms with Gasteiger partial charge in [-0.15, -0.1) is 23.2 Å². The van der Waals surface area contributed by atoms with E-state index in [-0.39, 0.29) is 24.0 Å². The van der Waals surface area contributed by atoms with Crippen LogP contribution in [0.5, 0.6) is 5.75 Å². The molecule has 2 heterocycles. The normalized spacial score (nSPS) is 34.9. The Hall–Kier alpha value is -2.43. The number of imide groups is 2. The van der Waals surface area contributed by atoms with E-state index in [9.17, 15) is 24.3 Å². The van der Waals surface area contributed by atoms with Crippen LogP contribution in [-0.2, 0) is 19.2 Å². The molecule has 2 aromatic rings. The molecule has 0 spiro atoms. The average Bonchev–Trinajstić information content (AvgIpc) is 3.20. The first kappa shape index (κ1) is 24.9. The molecule has 190 valence electrons. The van der Waals surface area contributed by atoms with Crippen molar-refractivity contribution >= 4 is 75.1 Å². The number of aromatic hydroxyl groups is 1. The van der Waals surface area contributed by atoms with Crippen LogP contribution in [-0.4, -0.2) is 50.4 Å². The number of hydrogen-bond donors (Lipinski definition) is 1.